The summed E-state index contributed by atoms with van der Waals surface area (Å²) in [4.78, 5) is 0. The Bertz CT molecular complexity index is 210. The molecule has 96 valence electrons. The van der Waals surface area contributed by atoms with Gasteiger partial charge >= 0.3 is 0 Å². The van der Waals surface area contributed by atoms with E-state index in [1.54, 1.807) is 11.8 Å². The zero-order valence-electron chi connectivity index (χ0n) is 10.2. The predicted octanol–water partition coefficient (Wildman–Crippen LogP) is 1.21. The van der Waals surface area contributed by atoms with Crippen LogP contribution in [0.2, 0.25) is 0 Å². The largest absolute Gasteiger partial charge is 0.394 e. The van der Waals surface area contributed by atoms with Crippen molar-refractivity contribution in [1.29, 1.82) is 5.41 Å². The first-order chi connectivity index (χ1) is 7.40. The van der Waals surface area contributed by atoms with Crippen LogP contribution in [-0.2, 0) is 0 Å². The molecule has 4 nitrogen and oxygen atoms in total. The van der Waals surface area contributed by atoms with E-state index in [4.69, 9.17) is 21.4 Å². The maximum Gasteiger partial charge on any atom is 0.0963 e. The average Bonchev–Trinajstić information content (AvgIpc) is 2.22. The number of rotatable bonds is 9. The van der Waals surface area contributed by atoms with Crippen LogP contribution in [0.1, 0.15) is 33.1 Å². The van der Waals surface area contributed by atoms with E-state index in [1.807, 2.05) is 13.8 Å². The van der Waals surface area contributed by atoms with Crippen LogP contribution in [0.3, 0.4) is 0 Å². The van der Waals surface area contributed by atoms with Crippen molar-refractivity contribution in [1.82, 2.24) is 0 Å². The molecule has 0 amide bonds. The van der Waals surface area contributed by atoms with Crippen LogP contribution >= 0.6 is 11.8 Å². The van der Waals surface area contributed by atoms with E-state index in [-0.39, 0.29) is 17.9 Å². The molecule has 0 aliphatic heterocycles. The van der Waals surface area contributed by atoms with Gasteiger partial charge in [-0.05, 0) is 18.6 Å². The Morgan fingerprint density at radius 2 is 2.06 bits per heavy atom. The van der Waals surface area contributed by atoms with Crippen molar-refractivity contribution in [3.63, 3.8) is 0 Å². The summed E-state index contributed by atoms with van der Waals surface area (Å²) in [6.45, 7) is 3.81. The maximum absolute atomic E-state index is 9.10. The zero-order valence-corrected chi connectivity index (χ0v) is 11.0. The van der Waals surface area contributed by atoms with Crippen molar-refractivity contribution >= 4 is 17.6 Å². The van der Waals surface area contributed by atoms with Gasteiger partial charge in [0.2, 0.25) is 0 Å². The van der Waals surface area contributed by atoms with Gasteiger partial charge in [0.15, 0.2) is 0 Å². The molecule has 0 saturated heterocycles. The molecular weight excluding hydrogens is 224 g/mol. The summed E-state index contributed by atoms with van der Waals surface area (Å²) in [5.74, 6) is 1.81. The lowest BCUT2D eigenvalue weighted by atomic mass is 9.86. The highest BCUT2D eigenvalue weighted by Gasteiger charge is 2.20. The van der Waals surface area contributed by atoms with Crippen molar-refractivity contribution in [2.24, 2.45) is 11.1 Å². The molecule has 1 atom stereocenters. The van der Waals surface area contributed by atoms with Crippen LogP contribution in [0.5, 0.6) is 0 Å². The molecule has 0 spiro atoms. The molecule has 0 aromatic rings. The number of aliphatic hydroxyl groups excluding tert-OH is 2. The molecule has 0 aliphatic rings. The van der Waals surface area contributed by atoms with Gasteiger partial charge in [0, 0.05) is 11.2 Å². The minimum Gasteiger partial charge on any atom is -0.394 e. The lowest BCUT2D eigenvalue weighted by molar-refractivity contribution is 0.113. The van der Waals surface area contributed by atoms with Gasteiger partial charge in [-0.25, -0.2) is 0 Å². The predicted molar refractivity (Wildman–Crippen MR) is 70.0 cm³/mol. The van der Waals surface area contributed by atoms with Gasteiger partial charge in [-0.1, -0.05) is 20.3 Å². The molecule has 5 N–H and O–H groups in total. The third-order valence-electron chi connectivity index (χ3n) is 2.59. The van der Waals surface area contributed by atoms with Crippen molar-refractivity contribution < 1.29 is 10.2 Å². The lowest BCUT2D eigenvalue weighted by Gasteiger charge is -2.22. The highest BCUT2D eigenvalue weighted by Crippen LogP contribution is 2.23. The molecule has 0 fully saturated rings. The van der Waals surface area contributed by atoms with Gasteiger partial charge in [0.05, 0.1) is 18.5 Å². The van der Waals surface area contributed by atoms with Gasteiger partial charge in [0.1, 0.15) is 0 Å². The number of amidine groups is 1. The third kappa shape index (κ3) is 7.09. The Labute approximate surface area is 102 Å². The zero-order chi connectivity index (χ0) is 12.6. The van der Waals surface area contributed by atoms with Crippen LogP contribution < -0.4 is 5.73 Å². The fraction of sp³-hybridized carbons (Fsp3) is 0.909. The monoisotopic (exact) mass is 248 g/mol. The topological polar surface area (TPSA) is 90.3 Å². The van der Waals surface area contributed by atoms with Crippen LogP contribution in [-0.4, -0.2) is 40.3 Å². The second-order valence-electron chi connectivity index (χ2n) is 4.67. The number of thioether (sulfide) groups is 1. The van der Waals surface area contributed by atoms with Gasteiger partial charge in [0.25, 0.3) is 0 Å². The number of nitrogens with one attached hydrogen (secondary N) is 1. The van der Waals surface area contributed by atoms with E-state index < -0.39 is 6.10 Å². The molecule has 16 heavy (non-hydrogen) atoms. The van der Waals surface area contributed by atoms with Gasteiger partial charge < -0.3 is 15.9 Å². The van der Waals surface area contributed by atoms with E-state index in [1.165, 1.54) is 0 Å². The van der Waals surface area contributed by atoms with Crippen molar-refractivity contribution in [3.8, 4) is 0 Å². The van der Waals surface area contributed by atoms with Crippen LogP contribution in [0.4, 0.5) is 0 Å². The van der Waals surface area contributed by atoms with E-state index >= 15 is 0 Å². The Morgan fingerprint density at radius 1 is 1.44 bits per heavy atom. The number of hydrogen-bond acceptors (Lipinski definition) is 4. The maximum atomic E-state index is 9.10. The number of nitrogens with two attached hydrogens (primary N) is 1. The fourth-order valence-electron chi connectivity index (χ4n) is 1.18. The molecule has 0 heterocycles. The van der Waals surface area contributed by atoms with Gasteiger partial charge in [-0.15, -0.1) is 0 Å². The standard InChI is InChI=1S/C11H24N2O2S/c1-11(2,10(12)13)5-3-4-6-16-8-9(15)7-14/h9,14-15H,3-8H2,1-2H3,(H3,12,13). The summed E-state index contributed by atoms with van der Waals surface area (Å²) >= 11 is 1.65. The molecular formula is C11H24N2O2S. The normalized spacial score (nSPS) is 13.8. The summed E-state index contributed by atoms with van der Waals surface area (Å²) in [5.41, 5.74) is 5.29. The molecule has 1 unspecified atom stereocenters. The smallest absolute Gasteiger partial charge is 0.0963 e. The van der Waals surface area contributed by atoms with Gasteiger partial charge in [-0.3, -0.25) is 5.41 Å². The summed E-state index contributed by atoms with van der Waals surface area (Å²) in [7, 11) is 0. The summed E-state index contributed by atoms with van der Waals surface area (Å²) < 4.78 is 0. The van der Waals surface area contributed by atoms with E-state index in [9.17, 15) is 0 Å². The van der Waals surface area contributed by atoms with Crippen molar-refractivity contribution in [2.75, 3.05) is 18.1 Å². The second kappa shape index (κ2) is 7.92. The molecule has 0 rings (SSSR count). The average molecular weight is 248 g/mol. The SMILES string of the molecule is CC(C)(CCCCSCC(O)CO)C(=N)N. The molecule has 0 aromatic carbocycles. The highest BCUT2D eigenvalue weighted by molar-refractivity contribution is 7.99. The van der Waals surface area contributed by atoms with Crippen molar-refractivity contribution in [3.05, 3.63) is 0 Å². The van der Waals surface area contributed by atoms with Crippen LogP contribution in [0, 0.1) is 10.8 Å². The molecule has 0 aliphatic carbocycles. The summed E-state index contributed by atoms with van der Waals surface area (Å²) in [6.07, 6.45) is 2.42. The fourth-order valence-corrected chi connectivity index (χ4v) is 2.13. The minimum absolute atomic E-state index is 0.162. The summed E-state index contributed by atoms with van der Waals surface area (Å²) in [5, 5.41) is 25.1. The Hall–Kier alpha value is -0.260. The number of hydrogen-bond donors (Lipinski definition) is 4. The first-order valence-electron chi connectivity index (χ1n) is 5.61. The first-order valence-corrected chi connectivity index (χ1v) is 6.77. The molecule has 0 bridgehead atoms. The van der Waals surface area contributed by atoms with E-state index in [0.717, 1.165) is 25.0 Å². The Balaban J connectivity index is 3.44. The number of aliphatic hydroxyl groups is 2. The Morgan fingerprint density at radius 3 is 2.56 bits per heavy atom. The van der Waals surface area contributed by atoms with Crippen molar-refractivity contribution in [2.45, 2.75) is 39.2 Å². The van der Waals surface area contributed by atoms with Gasteiger partial charge in [-0.2, -0.15) is 11.8 Å². The van der Waals surface area contributed by atoms with Crippen LogP contribution in [0.15, 0.2) is 0 Å². The molecule has 0 aromatic heterocycles. The van der Waals surface area contributed by atoms with E-state index in [0.29, 0.717) is 5.75 Å². The second-order valence-corrected chi connectivity index (χ2v) is 5.82. The third-order valence-corrected chi connectivity index (χ3v) is 3.79. The molecule has 5 heteroatoms. The van der Waals surface area contributed by atoms with Crippen LogP contribution in [0.25, 0.3) is 0 Å². The molecule has 0 saturated carbocycles. The Kier molecular flexibility index (Phi) is 7.80. The van der Waals surface area contributed by atoms with E-state index in [2.05, 4.69) is 0 Å². The summed E-state index contributed by atoms with van der Waals surface area (Å²) in [6, 6.07) is 0. The highest BCUT2D eigenvalue weighted by atomic mass is 32.2. The molecule has 0 radical (unpaired) electrons. The number of unbranched alkanes of at least 4 members (excludes halogenated alkanes) is 1. The minimum atomic E-state index is -0.598. The quantitative estimate of drug-likeness (QED) is 0.280. The first kappa shape index (κ1) is 15.7. The lowest BCUT2D eigenvalue weighted by Crippen LogP contribution is -2.30.